The number of nitrogens with two attached hydrogens (primary N) is 1. The van der Waals surface area contributed by atoms with Crippen LogP contribution in [-0.4, -0.2) is 56.0 Å². The van der Waals surface area contributed by atoms with E-state index in [9.17, 15) is 13.2 Å². The molecule has 0 aliphatic carbocycles. The third kappa shape index (κ3) is 4.34. The van der Waals surface area contributed by atoms with Gasteiger partial charge in [0.2, 0.25) is 10.0 Å². The van der Waals surface area contributed by atoms with Gasteiger partial charge in [0.05, 0.1) is 6.26 Å². The molecule has 0 saturated carbocycles. The van der Waals surface area contributed by atoms with Crippen LogP contribution in [0, 0.1) is 6.92 Å². The molecule has 124 valence electrons. The molecular formula is C14H22ClN3O3S. The molecule has 1 heterocycles. The number of amides is 1. The van der Waals surface area contributed by atoms with E-state index in [2.05, 4.69) is 0 Å². The summed E-state index contributed by atoms with van der Waals surface area (Å²) in [6.45, 7) is 3.62. The summed E-state index contributed by atoms with van der Waals surface area (Å²) in [5, 5.41) is 0. The van der Waals surface area contributed by atoms with E-state index in [1.165, 1.54) is 10.6 Å². The summed E-state index contributed by atoms with van der Waals surface area (Å²) in [5.74, 6) is -0.0878. The lowest BCUT2D eigenvalue weighted by atomic mass is 10.1. The SMILES string of the molecule is Cc1ccc(N)cc1C(=O)N1CCCN(S(C)(=O)=O)CC1.Cl. The zero-order valence-corrected chi connectivity index (χ0v) is 14.4. The predicted molar refractivity (Wildman–Crippen MR) is 89.8 cm³/mol. The lowest BCUT2D eigenvalue weighted by molar-refractivity contribution is 0.0763. The van der Waals surface area contributed by atoms with Gasteiger partial charge in [-0.2, -0.15) is 0 Å². The van der Waals surface area contributed by atoms with Crippen LogP contribution >= 0.6 is 12.4 Å². The van der Waals surface area contributed by atoms with Crippen LogP contribution in [0.4, 0.5) is 5.69 Å². The van der Waals surface area contributed by atoms with Gasteiger partial charge in [0.25, 0.3) is 5.91 Å². The van der Waals surface area contributed by atoms with Gasteiger partial charge in [-0.3, -0.25) is 4.79 Å². The molecule has 1 aromatic carbocycles. The lowest BCUT2D eigenvalue weighted by Gasteiger charge is -2.22. The molecule has 6 nitrogen and oxygen atoms in total. The molecule has 0 spiro atoms. The average molecular weight is 348 g/mol. The fourth-order valence-electron chi connectivity index (χ4n) is 2.47. The van der Waals surface area contributed by atoms with Gasteiger partial charge >= 0.3 is 0 Å². The van der Waals surface area contributed by atoms with Crippen molar-refractivity contribution in [1.29, 1.82) is 0 Å². The minimum absolute atomic E-state index is 0. The quantitative estimate of drug-likeness (QED) is 0.812. The minimum atomic E-state index is -3.20. The third-order valence-corrected chi connectivity index (χ3v) is 5.01. The number of benzene rings is 1. The summed E-state index contributed by atoms with van der Waals surface area (Å²) >= 11 is 0. The molecule has 0 atom stereocenters. The molecular weight excluding hydrogens is 326 g/mol. The number of carbonyl (C=O) groups is 1. The van der Waals surface area contributed by atoms with Crippen molar-refractivity contribution in [3.05, 3.63) is 29.3 Å². The highest BCUT2D eigenvalue weighted by molar-refractivity contribution is 7.88. The maximum atomic E-state index is 12.6. The normalized spacial score (nSPS) is 16.7. The van der Waals surface area contributed by atoms with Crippen LogP contribution in [0.15, 0.2) is 18.2 Å². The van der Waals surface area contributed by atoms with E-state index in [0.717, 1.165) is 5.56 Å². The van der Waals surface area contributed by atoms with Crippen molar-refractivity contribution in [2.45, 2.75) is 13.3 Å². The van der Waals surface area contributed by atoms with Crippen LogP contribution in [0.1, 0.15) is 22.3 Å². The highest BCUT2D eigenvalue weighted by Gasteiger charge is 2.25. The maximum absolute atomic E-state index is 12.6. The van der Waals surface area contributed by atoms with E-state index in [0.29, 0.717) is 43.9 Å². The number of sulfonamides is 1. The summed E-state index contributed by atoms with van der Waals surface area (Å²) in [6.07, 6.45) is 1.84. The average Bonchev–Trinajstić information content (AvgIpc) is 2.66. The number of hydrogen-bond donors (Lipinski definition) is 1. The Bertz CT molecular complexity index is 649. The Kier molecular flexibility index (Phi) is 6.22. The van der Waals surface area contributed by atoms with E-state index in [-0.39, 0.29) is 18.3 Å². The Hall–Kier alpha value is -1.31. The third-order valence-electron chi connectivity index (χ3n) is 3.70. The fraction of sp³-hybridized carbons (Fsp3) is 0.500. The van der Waals surface area contributed by atoms with Crippen molar-refractivity contribution in [2.24, 2.45) is 0 Å². The standard InChI is InChI=1S/C14H21N3O3S.ClH/c1-11-4-5-12(15)10-13(11)14(18)16-6-3-7-17(9-8-16)21(2,19)20;/h4-5,10H,3,6-9,15H2,1-2H3;1H. The van der Waals surface area contributed by atoms with Gasteiger partial charge in [-0.25, -0.2) is 12.7 Å². The van der Waals surface area contributed by atoms with Gasteiger partial charge in [-0.15, -0.1) is 12.4 Å². The number of rotatable bonds is 2. The highest BCUT2D eigenvalue weighted by Crippen LogP contribution is 2.17. The van der Waals surface area contributed by atoms with Gasteiger partial charge in [0, 0.05) is 37.4 Å². The first-order chi connectivity index (χ1) is 9.79. The zero-order chi connectivity index (χ0) is 15.6. The zero-order valence-electron chi connectivity index (χ0n) is 12.8. The molecule has 1 fully saturated rings. The molecule has 0 radical (unpaired) electrons. The van der Waals surface area contributed by atoms with E-state index >= 15 is 0 Å². The number of carbonyl (C=O) groups excluding carboxylic acids is 1. The summed E-state index contributed by atoms with van der Waals surface area (Å²) in [6, 6.07) is 5.26. The number of nitrogen functional groups attached to an aromatic ring is 1. The van der Waals surface area contributed by atoms with Gasteiger partial charge in [0.15, 0.2) is 0 Å². The molecule has 2 rings (SSSR count). The van der Waals surface area contributed by atoms with E-state index in [1.54, 1.807) is 17.0 Å². The van der Waals surface area contributed by atoms with E-state index in [4.69, 9.17) is 5.73 Å². The van der Waals surface area contributed by atoms with Crippen LogP contribution in [0.2, 0.25) is 0 Å². The largest absolute Gasteiger partial charge is 0.399 e. The van der Waals surface area contributed by atoms with Crippen molar-refractivity contribution in [3.63, 3.8) is 0 Å². The van der Waals surface area contributed by atoms with Gasteiger partial charge in [-0.05, 0) is 31.0 Å². The molecule has 1 aliphatic heterocycles. The molecule has 0 bridgehead atoms. The van der Waals surface area contributed by atoms with Crippen molar-refractivity contribution in [2.75, 3.05) is 38.2 Å². The molecule has 0 aromatic heterocycles. The number of hydrogen-bond acceptors (Lipinski definition) is 4. The van der Waals surface area contributed by atoms with Gasteiger partial charge in [0.1, 0.15) is 0 Å². The molecule has 22 heavy (non-hydrogen) atoms. The second-order valence-electron chi connectivity index (χ2n) is 5.38. The van der Waals surface area contributed by atoms with Crippen molar-refractivity contribution < 1.29 is 13.2 Å². The molecule has 0 unspecified atom stereocenters. The Morgan fingerprint density at radius 2 is 1.86 bits per heavy atom. The van der Waals surface area contributed by atoms with E-state index < -0.39 is 10.0 Å². The number of anilines is 1. The second-order valence-corrected chi connectivity index (χ2v) is 7.36. The lowest BCUT2D eigenvalue weighted by Crippen LogP contribution is -2.37. The maximum Gasteiger partial charge on any atom is 0.254 e. The monoisotopic (exact) mass is 347 g/mol. The van der Waals surface area contributed by atoms with Gasteiger partial charge < -0.3 is 10.6 Å². The van der Waals surface area contributed by atoms with Crippen LogP contribution in [-0.2, 0) is 10.0 Å². The predicted octanol–water partition coefficient (Wildman–Crippen LogP) is 1.11. The Morgan fingerprint density at radius 1 is 1.18 bits per heavy atom. The molecule has 1 amide bonds. The number of halogens is 1. The molecule has 2 N–H and O–H groups in total. The highest BCUT2D eigenvalue weighted by atomic mass is 35.5. The molecule has 1 aromatic rings. The number of nitrogens with zero attached hydrogens (tertiary/aromatic N) is 2. The topological polar surface area (TPSA) is 83.7 Å². The fourth-order valence-corrected chi connectivity index (χ4v) is 3.34. The van der Waals surface area contributed by atoms with Crippen molar-refractivity contribution >= 4 is 34.0 Å². The summed E-state index contributed by atoms with van der Waals surface area (Å²) in [5.41, 5.74) is 7.76. The van der Waals surface area contributed by atoms with Crippen LogP contribution in [0.5, 0.6) is 0 Å². The molecule has 1 aliphatic rings. The first kappa shape index (κ1) is 18.7. The summed E-state index contributed by atoms with van der Waals surface area (Å²) < 4.78 is 24.6. The van der Waals surface area contributed by atoms with E-state index in [1.807, 2.05) is 13.0 Å². The van der Waals surface area contributed by atoms with Crippen LogP contribution in [0.3, 0.4) is 0 Å². The molecule has 1 saturated heterocycles. The van der Waals surface area contributed by atoms with Crippen LogP contribution < -0.4 is 5.73 Å². The Labute approximate surface area is 137 Å². The minimum Gasteiger partial charge on any atom is -0.399 e. The Morgan fingerprint density at radius 3 is 2.50 bits per heavy atom. The van der Waals surface area contributed by atoms with Gasteiger partial charge in [-0.1, -0.05) is 6.07 Å². The van der Waals surface area contributed by atoms with Crippen molar-refractivity contribution in [3.8, 4) is 0 Å². The summed E-state index contributed by atoms with van der Waals surface area (Å²) in [4.78, 5) is 14.3. The van der Waals surface area contributed by atoms with Crippen molar-refractivity contribution in [1.82, 2.24) is 9.21 Å². The first-order valence-electron chi connectivity index (χ1n) is 6.89. The van der Waals surface area contributed by atoms with Crippen LogP contribution in [0.25, 0.3) is 0 Å². The number of aryl methyl sites for hydroxylation is 1. The summed E-state index contributed by atoms with van der Waals surface area (Å²) in [7, 11) is -3.20. The first-order valence-corrected chi connectivity index (χ1v) is 8.74. The smallest absolute Gasteiger partial charge is 0.254 e. The Balaban J connectivity index is 0.00000242. The molecule has 8 heteroatoms. The second kappa shape index (κ2) is 7.30.